The Morgan fingerprint density at radius 2 is 1.62 bits per heavy atom. The molecule has 1 aliphatic rings. The molecule has 1 saturated heterocycles. The standard InChI is InChI=1S/C14H27N3O4/c1-13(2,3)20-11(18)16-15-10-7-8-17(9-10)12(19)21-14(4,5)6/h10,15H,7-9H2,1-6H3,(H,16,18). The Hall–Kier alpha value is -1.50. The number of nitrogens with one attached hydrogen (secondary N) is 2. The predicted molar refractivity (Wildman–Crippen MR) is 78.7 cm³/mol. The molecular weight excluding hydrogens is 274 g/mol. The van der Waals surface area contributed by atoms with Crippen LogP contribution in [-0.2, 0) is 9.47 Å². The van der Waals surface area contributed by atoms with Crippen molar-refractivity contribution in [3.63, 3.8) is 0 Å². The summed E-state index contributed by atoms with van der Waals surface area (Å²) in [5.74, 6) is 0. The van der Waals surface area contributed by atoms with Gasteiger partial charge in [0, 0.05) is 19.1 Å². The Bertz CT molecular complexity index is 385. The molecule has 0 saturated carbocycles. The van der Waals surface area contributed by atoms with E-state index in [0.717, 1.165) is 6.42 Å². The molecule has 0 aromatic carbocycles. The molecule has 2 amide bonds. The first-order valence-electron chi connectivity index (χ1n) is 7.19. The number of amides is 2. The van der Waals surface area contributed by atoms with E-state index in [1.54, 1.807) is 25.7 Å². The number of likely N-dealkylation sites (tertiary alicyclic amines) is 1. The highest BCUT2D eigenvalue weighted by atomic mass is 16.6. The third-order valence-corrected chi connectivity index (χ3v) is 2.62. The number of ether oxygens (including phenoxy) is 2. The van der Waals surface area contributed by atoms with Gasteiger partial charge in [0.25, 0.3) is 0 Å². The van der Waals surface area contributed by atoms with Crippen molar-refractivity contribution in [3.8, 4) is 0 Å². The zero-order valence-electron chi connectivity index (χ0n) is 13.8. The van der Waals surface area contributed by atoms with Gasteiger partial charge in [-0.3, -0.25) is 5.43 Å². The zero-order valence-corrected chi connectivity index (χ0v) is 13.8. The molecule has 1 heterocycles. The lowest BCUT2D eigenvalue weighted by Crippen LogP contribution is -2.47. The molecule has 1 fully saturated rings. The molecule has 0 aromatic rings. The van der Waals surface area contributed by atoms with E-state index in [1.807, 2.05) is 20.8 Å². The van der Waals surface area contributed by atoms with Gasteiger partial charge in [0.15, 0.2) is 0 Å². The summed E-state index contributed by atoms with van der Waals surface area (Å²) in [6.45, 7) is 12.0. The third-order valence-electron chi connectivity index (χ3n) is 2.62. The lowest BCUT2D eigenvalue weighted by Gasteiger charge is -2.24. The molecule has 1 atom stereocenters. The Labute approximate surface area is 126 Å². The number of carbonyl (C=O) groups excluding carboxylic acids is 2. The van der Waals surface area contributed by atoms with Crippen LogP contribution in [0.3, 0.4) is 0 Å². The van der Waals surface area contributed by atoms with Crippen LogP contribution < -0.4 is 10.9 Å². The molecule has 7 heteroatoms. The number of rotatable bonds is 2. The average Bonchev–Trinajstić information content (AvgIpc) is 2.70. The summed E-state index contributed by atoms with van der Waals surface area (Å²) in [5, 5.41) is 0. The molecular formula is C14H27N3O4. The molecule has 0 spiro atoms. The Balaban J connectivity index is 2.32. The second-order valence-electron chi connectivity index (χ2n) is 7.18. The normalized spacial score (nSPS) is 19.3. The van der Waals surface area contributed by atoms with Crippen LogP contribution in [0.2, 0.25) is 0 Å². The van der Waals surface area contributed by atoms with E-state index < -0.39 is 17.3 Å². The zero-order chi connectivity index (χ0) is 16.3. The Morgan fingerprint density at radius 1 is 1.05 bits per heavy atom. The highest BCUT2D eigenvalue weighted by Crippen LogP contribution is 2.15. The van der Waals surface area contributed by atoms with Crippen molar-refractivity contribution in [2.75, 3.05) is 13.1 Å². The summed E-state index contributed by atoms with van der Waals surface area (Å²) in [6, 6.07) is -0.00923. The molecule has 1 rings (SSSR count). The summed E-state index contributed by atoms with van der Waals surface area (Å²) in [6.07, 6.45) is -0.114. The lowest BCUT2D eigenvalue weighted by molar-refractivity contribution is 0.0290. The summed E-state index contributed by atoms with van der Waals surface area (Å²) in [7, 11) is 0. The van der Waals surface area contributed by atoms with Gasteiger partial charge in [-0.1, -0.05) is 0 Å². The minimum Gasteiger partial charge on any atom is -0.444 e. The number of hydrazine groups is 1. The number of hydrogen-bond donors (Lipinski definition) is 2. The number of carbonyl (C=O) groups is 2. The van der Waals surface area contributed by atoms with Crippen molar-refractivity contribution in [2.45, 2.75) is 65.2 Å². The van der Waals surface area contributed by atoms with Crippen LogP contribution in [0.1, 0.15) is 48.0 Å². The predicted octanol–water partition coefficient (Wildman–Crippen LogP) is 2.03. The van der Waals surface area contributed by atoms with Crippen LogP contribution in [0, 0.1) is 0 Å². The molecule has 0 bridgehead atoms. The fourth-order valence-corrected chi connectivity index (χ4v) is 1.83. The van der Waals surface area contributed by atoms with Crippen LogP contribution in [0.5, 0.6) is 0 Å². The largest absolute Gasteiger partial charge is 0.444 e. The number of nitrogens with zero attached hydrogens (tertiary/aromatic N) is 1. The van der Waals surface area contributed by atoms with Crippen LogP contribution in [0.4, 0.5) is 9.59 Å². The third kappa shape index (κ3) is 7.17. The van der Waals surface area contributed by atoms with E-state index in [0.29, 0.717) is 13.1 Å². The van der Waals surface area contributed by atoms with Gasteiger partial charge in [-0.25, -0.2) is 15.0 Å². The first-order valence-corrected chi connectivity index (χ1v) is 7.19. The van der Waals surface area contributed by atoms with Crippen molar-refractivity contribution in [1.82, 2.24) is 15.8 Å². The van der Waals surface area contributed by atoms with Gasteiger partial charge in [0.2, 0.25) is 0 Å². The summed E-state index contributed by atoms with van der Waals surface area (Å²) >= 11 is 0. The van der Waals surface area contributed by atoms with E-state index in [9.17, 15) is 9.59 Å². The molecule has 1 unspecified atom stereocenters. The fraction of sp³-hybridized carbons (Fsp3) is 0.857. The van der Waals surface area contributed by atoms with Crippen molar-refractivity contribution in [2.24, 2.45) is 0 Å². The summed E-state index contributed by atoms with van der Waals surface area (Å²) < 4.78 is 10.4. The lowest BCUT2D eigenvalue weighted by atomic mass is 10.2. The van der Waals surface area contributed by atoms with Gasteiger partial charge in [0.05, 0.1) is 0 Å². The highest BCUT2D eigenvalue weighted by molar-refractivity contribution is 5.69. The van der Waals surface area contributed by atoms with Gasteiger partial charge < -0.3 is 14.4 Å². The minimum absolute atomic E-state index is 0.00923. The Morgan fingerprint density at radius 3 is 2.14 bits per heavy atom. The van der Waals surface area contributed by atoms with E-state index >= 15 is 0 Å². The molecule has 2 N–H and O–H groups in total. The second-order valence-corrected chi connectivity index (χ2v) is 7.18. The molecule has 21 heavy (non-hydrogen) atoms. The highest BCUT2D eigenvalue weighted by Gasteiger charge is 2.30. The quantitative estimate of drug-likeness (QED) is 0.763. The van der Waals surface area contributed by atoms with E-state index in [2.05, 4.69) is 10.9 Å². The maximum absolute atomic E-state index is 11.9. The van der Waals surface area contributed by atoms with Gasteiger partial charge in [0.1, 0.15) is 11.2 Å². The van der Waals surface area contributed by atoms with Crippen LogP contribution in [-0.4, -0.2) is 47.4 Å². The average molecular weight is 301 g/mol. The smallest absolute Gasteiger partial charge is 0.422 e. The van der Waals surface area contributed by atoms with Crippen molar-refractivity contribution in [1.29, 1.82) is 0 Å². The summed E-state index contributed by atoms with van der Waals surface area (Å²) in [5.41, 5.74) is 4.34. The van der Waals surface area contributed by atoms with Crippen molar-refractivity contribution in [3.05, 3.63) is 0 Å². The topological polar surface area (TPSA) is 79.9 Å². The molecule has 0 aromatic heterocycles. The fourth-order valence-electron chi connectivity index (χ4n) is 1.83. The maximum atomic E-state index is 11.9. The van der Waals surface area contributed by atoms with Crippen molar-refractivity contribution >= 4 is 12.2 Å². The monoisotopic (exact) mass is 301 g/mol. The van der Waals surface area contributed by atoms with Gasteiger partial charge >= 0.3 is 12.2 Å². The van der Waals surface area contributed by atoms with E-state index in [4.69, 9.17) is 9.47 Å². The number of hydrogen-bond acceptors (Lipinski definition) is 5. The molecule has 0 radical (unpaired) electrons. The first-order chi connectivity index (χ1) is 9.46. The van der Waals surface area contributed by atoms with Gasteiger partial charge in [-0.15, -0.1) is 0 Å². The Kier molecular flexibility index (Phi) is 5.44. The van der Waals surface area contributed by atoms with E-state index in [-0.39, 0.29) is 12.1 Å². The van der Waals surface area contributed by atoms with Gasteiger partial charge in [-0.2, -0.15) is 0 Å². The molecule has 7 nitrogen and oxygen atoms in total. The van der Waals surface area contributed by atoms with E-state index in [1.165, 1.54) is 0 Å². The maximum Gasteiger partial charge on any atom is 0.422 e. The SMILES string of the molecule is CC(C)(C)OC(=O)NNC1CCN(C(=O)OC(C)(C)C)C1. The van der Waals surface area contributed by atoms with Gasteiger partial charge in [-0.05, 0) is 48.0 Å². The van der Waals surface area contributed by atoms with Crippen LogP contribution in [0.25, 0.3) is 0 Å². The minimum atomic E-state index is -0.538. The summed E-state index contributed by atoms with van der Waals surface area (Å²) in [4.78, 5) is 25.0. The second kappa shape index (κ2) is 6.51. The van der Waals surface area contributed by atoms with Crippen molar-refractivity contribution < 1.29 is 19.1 Å². The molecule has 1 aliphatic heterocycles. The molecule has 122 valence electrons. The van der Waals surface area contributed by atoms with Crippen LogP contribution in [0.15, 0.2) is 0 Å². The first kappa shape index (κ1) is 17.6. The van der Waals surface area contributed by atoms with Crippen LogP contribution >= 0.6 is 0 Å². The molecule has 0 aliphatic carbocycles.